The summed E-state index contributed by atoms with van der Waals surface area (Å²) >= 11 is 0. The Bertz CT molecular complexity index is 892. The average molecular weight is 415 g/mol. The van der Waals surface area contributed by atoms with Crippen LogP contribution in [0.1, 0.15) is 57.7 Å². The van der Waals surface area contributed by atoms with Gasteiger partial charge in [-0.3, -0.25) is 4.79 Å². The zero-order valence-corrected chi connectivity index (χ0v) is 17.6. The quantitative estimate of drug-likeness (QED) is 0.668. The third-order valence-electron chi connectivity index (χ3n) is 5.94. The fourth-order valence-electron chi connectivity index (χ4n) is 4.35. The number of ether oxygens (including phenoxy) is 1. The van der Waals surface area contributed by atoms with E-state index in [9.17, 15) is 9.59 Å². The largest absolute Gasteiger partial charge is 0.464 e. The number of carbonyl (C=O) groups excluding carboxylic acids is 2. The van der Waals surface area contributed by atoms with Gasteiger partial charge in [0.2, 0.25) is 5.91 Å². The molecule has 0 saturated carbocycles. The van der Waals surface area contributed by atoms with Gasteiger partial charge < -0.3 is 14.5 Å². The molecule has 0 spiro atoms. The highest BCUT2D eigenvalue weighted by Crippen LogP contribution is 2.21. The lowest BCUT2D eigenvalue weighted by Gasteiger charge is -2.34. The molecular weight excluding hydrogens is 384 g/mol. The number of rotatable bonds is 6. The Kier molecular flexibility index (Phi) is 6.44. The second kappa shape index (κ2) is 9.40. The van der Waals surface area contributed by atoms with Gasteiger partial charge in [0.15, 0.2) is 11.5 Å². The number of hydrogen-bond donors (Lipinski definition) is 0. The van der Waals surface area contributed by atoms with Crippen LogP contribution in [-0.2, 0) is 20.7 Å². The summed E-state index contributed by atoms with van der Waals surface area (Å²) in [6.07, 6.45) is 6.85. The third-order valence-corrected chi connectivity index (χ3v) is 5.94. The van der Waals surface area contributed by atoms with Crippen molar-refractivity contribution in [1.29, 1.82) is 0 Å². The maximum atomic E-state index is 12.9. The van der Waals surface area contributed by atoms with E-state index >= 15 is 0 Å². The van der Waals surface area contributed by atoms with Gasteiger partial charge in [0, 0.05) is 32.5 Å². The van der Waals surface area contributed by atoms with Crippen LogP contribution >= 0.6 is 0 Å². The molecule has 1 unspecified atom stereocenters. The van der Waals surface area contributed by atoms with Crippen molar-refractivity contribution in [2.24, 2.45) is 0 Å². The lowest BCUT2D eigenvalue weighted by molar-refractivity contribution is -0.156. The van der Waals surface area contributed by atoms with Gasteiger partial charge in [0.05, 0.1) is 6.61 Å². The molecule has 1 atom stereocenters. The summed E-state index contributed by atoms with van der Waals surface area (Å²) < 4.78 is 6.91. The highest BCUT2D eigenvalue weighted by Gasteiger charge is 2.33. The Hall–Kier alpha value is -2.71. The van der Waals surface area contributed by atoms with E-state index < -0.39 is 6.04 Å². The number of piperidine rings is 2. The van der Waals surface area contributed by atoms with Gasteiger partial charge >= 0.3 is 5.97 Å². The first-order chi connectivity index (χ1) is 14.7. The molecule has 4 heterocycles. The van der Waals surface area contributed by atoms with Gasteiger partial charge in [0.25, 0.3) is 0 Å². The summed E-state index contributed by atoms with van der Waals surface area (Å²) in [6.45, 7) is 4.74. The van der Waals surface area contributed by atoms with Crippen LogP contribution in [0.2, 0.25) is 0 Å². The van der Waals surface area contributed by atoms with E-state index in [-0.39, 0.29) is 18.3 Å². The molecule has 2 aliphatic heterocycles. The summed E-state index contributed by atoms with van der Waals surface area (Å²) in [5, 5.41) is 13.2. The summed E-state index contributed by atoms with van der Waals surface area (Å²) in [5.74, 6) is 1.25. The van der Waals surface area contributed by atoms with Crippen molar-refractivity contribution < 1.29 is 14.3 Å². The Labute approximate surface area is 176 Å². The molecule has 9 nitrogen and oxygen atoms in total. The Morgan fingerprint density at radius 2 is 1.87 bits per heavy atom. The fourth-order valence-corrected chi connectivity index (χ4v) is 4.35. The minimum Gasteiger partial charge on any atom is -0.464 e. The summed E-state index contributed by atoms with van der Waals surface area (Å²) in [7, 11) is 0. The molecule has 2 saturated heterocycles. The van der Waals surface area contributed by atoms with E-state index in [0.29, 0.717) is 37.5 Å². The van der Waals surface area contributed by atoms with Gasteiger partial charge in [-0.15, -0.1) is 15.3 Å². The molecule has 4 rings (SSSR count). The minimum absolute atomic E-state index is 0.0447. The van der Waals surface area contributed by atoms with Crippen LogP contribution in [0.5, 0.6) is 0 Å². The van der Waals surface area contributed by atoms with E-state index in [1.807, 2.05) is 12.1 Å². The number of esters is 1. The average Bonchev–Trinajstić information content (AvgIpc) is 3.20. The SMILES string of the molecule is CCOC(=O)C1CCCCN1C(=O)CCc1nnc2ccc(N3CCCCC3)nn12. The molecule has 0 radical (unpaired) electrons. The number of nitrogens with zero attached hydrogens (tertiary/aromatic N) is 6. The van der Waals surface area contributed by atoms with Crippen molar-refractivity contribution in [2.75, 3.05) is 31.1 Å². The van der Waals surface area contributed by atoms with E-state index in [1.165, 1.54) is 19.3 Å². The highest BCUT2D eigenvalue weighted by molar-refractivity contribution is 5.84. The van der Waals surface area contributed by atoms with Crippen LogP contribution in [0.4, 0.5) is 5.82 Å². The van der Waals surface area contributed by atoms with Gasteiger partial charge in [0.1, 0.15) is 11.9 Å². The first-order valence-electron chi connectivity index (χ1n) is 11.1. The van der Waals surface area contributed by atoms with Crippen molar-refractivity contribution in [1.82, 2.24) is 24.7 Å². The van der Waals surface area contributed by atoms with Crippen LogP contribution in [0.25, 0.3) is 5.65 Å². The predicted octanol–water partition coefficient (Wildman–Crippen LogP) is 1.99. The lowest BCUT2D eigenvalue weighted by atomic mass is 10.0. The topological polar surface area (TPSA) is 92.9 Å². The highest BCUT2D eigenvalue weighted by atomic mass is 16.5. The van der Waals surface area contributed by atoms with Crippen LogP contribution in [-0.4, -0.2) is 68.9 Å². The Morgan fingerprint density at radius 1 is 1.07 bits per heavy atom. The standard InChI is InChI=1S/C21H30N6O3/c1-2-30-21(29)16-8-4-7-15-26(16)20(28)12-11-18-23-22-17-9-10-19(24-27(17)18)25-13-5-3-6-14-25/h9-10,16H,2-8,11-15H2,1H3. The Morgan fingerprint density at radius 3 is 2.67 bits per heavy atom. The predicted molar refractivity (Wildman–Crippen MR) is 111 cm³/mol. The second-order valence-electron chi connectivity index (χ2n) is 7.98. The molecule has 0 bridgehead atoms. The first kappa shape index (κ1) is 20.6. The van der Waals surface area contributed by atoms with Crippen LogP contribution in [0.15, 0.2) is 12.1 Å². The zero-order valence-electron chi connectivity index (χ0n) is 17.6. The molecule has 2 aromatic heterocycles. The van der Waals surface area contributed by atoms with E-state index in [0.717, 1.165) is 31.7 Å². The van der Waals surface area contributed by atoms with Gasteiger partial charge in [-0.05, 0) is 57.6 Å². The normalized spacial score (nSPS) is 19.8. The second-order valence-corrected chi connectivity index (χ2v) is 7.98. The van der Waals surface area contributed by atoms with Gasteiger partial charge in [-0.25, -0.2) is 4.79 Å². The summed E-state index contributed by atoms with van der Waals surface area (Å²) in [4.78, 5) is 29.1. The van der Waals surface area contributed by atoms with Crippen molar-refractivity contribution in [3.05, 3.63) is 18.0 Å². The minimum atomic E-state index is -0.467. The van der Waals surface area contributed by atoms with Gasteiger partial charge in [-0.1, -0.05) is 0 Å². The van der Waals surface area contributed by atoms with E-state index in [4.69, 9.17) is 9.84 Å². The van der Waals surface area contributed by atoms with Crippen LogP contribution < -0.4 is 4.90 Å². The molecule has 162 valence electrons. The van der Waals surface area contributed by atoms with Crippen molar-refractivity contribution >= 4 is 23.3 Å². The number of likely N-dealkylation sites (tertiary alicyclic amines) is 1. The number of aromatic nitrogens is 4. The van der Waals surface area contributed by atoms with Crippen molar-refractivity contribution in [3.8, 4) is 0 Å². The monoisotopic (exact) mass is 414 g/mol. The molecule has 0 N–H and O–H groups in total. The third kappa shape index (κ3) is 4.39. The fraction of sp³-hybridized carbons (Fsp3) is 0.667. The van der Waals surface area contributed by atoms with E-state index in [2.05, 4.69) is 15.1 Å². The summed E-state index contributed by atoms with van der Waals surface area (Å²) in [5.41, 5.74) is 0.681. The molecule has 1 amide bonds. The molecule has 30 heavy (non-hydrogen) atoms. The molecule has 0 aliphatic carbocycles. The molecule has 2 aromatic rings. The number of amides is 1. The molecule has 2 aliphatic rings. The first-order valence-corrected chi connectivity index (χ1v) is 11.1. The number of fused-ring (bicyclic) bond motifs is 1. The van der Waals surface area contributed by atoms with Crippen LogP contribution in [0.3, 0.4) is 0 Å². The smallest absolute Gasteiger partial charge is 0.328 e. The number of hydrogen-bond acceptors (Lipinski definition) is 7. The molecule has 2 fully saturated rings. The molecular formula is C21H30N6O3. The number of aryl methyl sites for hydroxylation is 1. The Balaban J connectivity index is 1.44. The number of anilines is 1. The molecule has 9 heteroatoms. The lowest BCUT2D eigenvalue weighted by Crippen LogP contribution is -2.48. The van der Waals surface area contributed by atoms with Gasteiger partial charge in [-0.2, -0.15) is 4.52 Å². The maximum Gasteiger partial charge on any atom is 0.328 e. The zero-order chi connectivity index (χ0) is 20.9. The summed E-state index contributed by atoms with van der Waals surface area (Å²) in [6, 6.07) is 3.45. The van der Waals surface area contributed by atoms with E-state index in [1.54, 1.807) is 16.3 Å². The maximum absolute atomic E-state index is 12.9. The van der Waals surface area contributed by atoms with Crippen molar-refractivity contribution in [2.45, 2.75) is 64.3 Å². The van der Waals surface area contributed by atoms with Crippen LogP contribution in [0, 0.1) is 0 Å². The number of carbonyl (C=O) groups is 2. The van der Waals surface area contributed by atoms with Crippen molar-refractivity contribution in [3.63, 3.8) is 0 Å². The molecule has 0 aromatic carbocycles.